The summed E-state index contributed by atoms with van der Waals surface area (Å²) in [4.78, 5) is 0. The lowest BCUT2D eigenvalue weighted by molar-refractivity contribution is 0.575. The van der Waals surface area contributed by atoms with Crippen LogP contribution >= 0.6 is 39.1 Å². The van der Waals surface area contributed by atoms with Gasteiger partial charge in [0.05, 0.1) is 0 Å². The molecule has 2 aromatic carbocycles. The first kappa shape index (κ1) is 14.9. The number of benzene rings is 2. The average Bonchev–Trinajstić information content (AvgIpc) is 2.40. The lowest BCUT2D eigenvalue weighted by Crippen LogP contribution is -2.18. The Morgan fingerprint density at radius 1 is 1.11 bits per heavy atom. The molecule has 4 heteroatoms. The Balaban J connectivity index is 2.03. The van der Waals surface area contributed by atoms with Crippen molar-refractivity contribution in [1.82, 2.24) is 5.32 Å². The number of nitrogens with one attached hydrogen (secondary N) is 1. The Kier molecular flexibility index (Phi) is 5.28. The maximum absolute atomic E-state index is 6.19. The molecule has 0 amide bonds. The summed E-state index contributed by atoms with van der Waals surface area (Å²) in [6, 6.07) is 13.9. The van der Waals surface area contributed by atoms with Gasteiger partial charge in [-0.2, -0.15) is 0 Å². The first-order chi connectivity index (χ1) is 9.06. The van der Waals surface area contributed by atoms with Gasteiger partial charge in [0.15, 0.2) is 0 Å². The molecule has 0 fully saturated rings. The smallest absolute Gasteiger partial charge is 0.0454 e. The second kappa shape index (κ2) is 6.76. The maximum Gasteiger partial charge on any atom is 0.0454 e. The zero-order valence-corrected chi connectivity index (χ0v) is 13.6. The van der Waals surface area contributed by atoms with Gasteiger partial charge >= 0.3 is 0 Å². The van der Waals surface area contributed by atoms with E-state index in [9.17, 15) is 0 Å². The van der Waals surface area contributed by atoms with E-state index in [0.717, 1.165) is 21.6 Å². The zero-order chi connectivity index (χ0) is 13.8. The highest BCUT2D eigenvalue weighted by atomic mass is 79.9. The molecule has 0 aromatic heterocycles. The van der Waals surface area contributed by atoms with Crippen molar-refractivity contribution in [2.45, 2.75) is 19.5 Å². The predicted molar refractivity (Wildman–Crippen MR) is 85.9 cm³/mol. The Bertz CT molecular complexity index is 555. The number of hydrogen-bond donors (Lipinski definition) is 1. The first-order valence-electron chi connectivity index (χ1n) is 5.99. The van der Waals surface area contributed by atoms with Crippen LogP contribution in [0, 0.1) is 0 Å². The molecule has 0 aliphatic rings. The average molecular weight is 359 g/mol. The van der Waals surface area contributed by atoms with Gasteiger partial charge < -0.3 is 5.32 Å². The van der Waals surface area contributed by atoms with Gasteiger partial charge in [0.25, 0.3) is 0 Å². The highest BCUT2D eigenvalue weighted by Gasteiger charge is 2.09. The fourth-order valence-corrected chi connectivity index (χ4v) is 2.56. The standard InChI is InChI=1S/C15H14BrCl2N/c1-10(14-8-13(17)6-7-15(14)18)19-9-11-2-4-12(16)5-3-11/h2-8,10,19H,9H2,1H3. The van der Waals surface area contributed by atoms with Gasteiger partial charge in [0.2, 0.25) is 0 Å². The van der Waals surface area contributed by atoms with Crippen molar-refractivity contribution in [3.05, 3.63) is 68.1 Å². The molecule has 0 aliphatic carbocycles. The molecule has 1 atom stereocenters. The molecule has 0 aliphatic heterocycles. The van der Waals surface area contributed by atoms with E-state index in [2.05, 4.69) is 40.3 Å². The molecule has 0 bridgehead atoms. The van der Waals surface area contributed by atoms with Crippen molar-refractivity contribution in [3.8, 4) is 0 Å². The van der Waals surface area contributed by atoms with E-state index >= 15 is 0 Å². The zero-order valence-electron chi connectivity index (χ0n) is 10.5. The summed E-state index contributed by atoms with van der Waals surface area (Å²) in [6.07, 6.45) is 0. The fourth-order valence-electron chi connectivity index (χ4n) is 1.83. The van der Waals surface area contributed by atoms with Crippen molar-refractivity contribution >= 4 is 39.1 Å². The Labute approximate surface area is 132 Å². The summed E-state index contributed by atoms with van der Waals surface area (Å²) in [5.74, 6) is 0. The third kappa shape index (κ3) is 4.22. The molecule has 0 heterocycles. The van der Waals surface area contributed by atoms with Crippen LogP contribution < -0.4 is 5.32 Å². The monoisotopic (exact) mass is 357 g/mol. The second-order valence-corrected chi connectivity index (χ2v) is 6.15. The molecule has 1 N–H and O–H groups in total. The summed E-state index contributed by atoms with van der Waals surface area (Å²) >= 11 is 15.6. The molecule has 0 saturated heterocycles. The first-order valence-corrected chi connectivity index (χ1v) is 7.54. The van der Waals surface area contributed by atoms with Crippen LogP contribution in [0.2, 0.25) is 10.0 Å². The number of hydrogen-bond acceptors (Lipinski definition) is 1. The van der Waals surface area contributed by atoms with Gasteiger partial charge in [-0.05, 0) is 48.4 Å². The van der Waals surface area contributed by atoms with Crippen LogP contribution in [0.5, 0.6) is 0 Å². The highest BCUT2D eigenvalue weighted by molar-refractivity contribution is 9.10. The predicted octanol–water partition coefficient (Wildman–Crippen LogP) is 5.61. The van der Waals surface area contributed by atoms with Crippen molar-refractivity contribution in [2.75, 3.05) is 0 Å². The molecule has 1 nitrogen and oxygen atoms in total. The summed E-state index contributed by atoms with van der Waals surface area (Å²) in [7, 11) is 0. The van der Waals surface area contributed by atoms with E-state index in [0.29, 0.717) is 5.02 Å². The van der Waals surface area contributed by atoms with Crippen LogP contribution in [0.25, 0.3) is 0 Å². The lowest BCUT2D eigenvalue weighted by Gasteiger charge is -2.16. The largest absolute Gasteiger partial charge is 0.306 e. The summed E-state index contributed by atoms with van der Waals surface area (Å²) < 4.78 is 1.09. The SMILES string of the molecule is CC(NCc1ccc(Br)cc1)c1cc(Cl)ccc1Cl. The third-order valence-electron chi connectivity index (χ3n) is 2.95. The molecular formula is C15H14BrCl2N. The van der Waals surface area contributed by atoms with Crippen molar-refractivity contribution in [1.29, 1.82) is 0 Å². The summed E-state index contributed by atoms with van der Waals surface area (Å²) in [6.45, 7) is 2.87. The minimum atomic E-state index is 0.148. The number of rotatable bonds is 4. The molecule has 100 valence electrons. The van der Waals surface area contributed by atoms with Crippen LogP contribution in [-0.4, -0.2) is 0 Å². The van der Waals surface area contributed by atoms with Gasteiger partial charge in [-0.1, -0.05) is 51.3 Å². The minimum absolute atomic E-state index is 0.148. The van der Waals surface area contributed by atoms with E-state index in [-0.39, 0.29) is 6.04 Å². The van der Waals surface area contributed by atoms with Crippen molar-refractivity contribution in [3.63, 3.8) is 0 Å². The van der Waals surface area contributed by atoms with Gasteiger partial charge in [-0.15, -0.1) is 0 Å². The Morgan fingerprint density at radius 2 is 1.79 bits per heavy atom. The maximum atomic E-state index is 6.19. The van der Waals surface area contributed by atoms with Crippen LogP contribution in [0.15, 0.2) is 46.9 Å². The van der Waals surface area contributed by atoms with Gasteiger partial charge in [-0.25, -0.2) is 0 Å². The Morgan fingerprint density at radius 3 is 2.47 bits per heavy atom. The van der Waals surface area contributed by atoms with E-state index in [1.54, 1.807) is 6.07 Å². The summed E-state index contributed by atoms with van der Waals surface area (Å²) in [5, 5.41) is 4.89. The summed E-state index contributed by atoms with van der Waals surface area (Å²) in [5.41, 5.74) is 2.25. The number of halogens is 3. The molecule has 2 aromatic rings. The van der Waals surface area contributed by atoms with Crippen LogP contribution in [0.3, 0.4) is 0 Å². The van der Waals surface area contributed by atoms with E-state index in [1.807, 2.05) is 24.3 Å². The molecule has 0 spiro atoms. The van der Waals surface area contributed by atoms with Gasteiger partial charge in [-0.3, -0.25) is 0 Å². The van der Waals surface area contributed by atoms with E-state index in [1.165, 1.54) is 5.56 Å². The molecule has 0 radical (unpaired) electrons. The minimum Gasteiger partial charge on any atom is -0.306 e. The second-order valence-electron chi connectivity index (χ2n) is 4.39. The van der Waals surface area contributed by atoms with Gasteiger partial charge in [0, 0.05) is 27.1 Å². The van der Waals surface area contributed by atoms with Gasteiger partial charge in [0.1, 0.15) is 0 Å². The molecule has 1 unspecified atom stereocenters. The van der Waals surface area contributed by atoms with Crippen LogP contribution in [0.1, 0.15) is 24.1 Å². The molecular weight excluding hydrogens is 345 g/mol. The van der Waals surface area contributed by atoms with E-state index < -0.39 is 0 Å². The van der Waals surface area contributed by atoms with Crippen molar-refractivity contribution in [2.24, 2.45) is 0 Å². The normalized spacial score (nSPS) is 12.4. The van der Waals surface area contributed by atoms with Crippen LogP contribution in [0.4, 0.5) is 0 Å². The highest BCUT2D eigenvalue weighted by Crippen LogP contribution is 2.26. The lowest BCUT2D eigenvalue weighted by atomic mass is 10.1. The molecule has 0 saturated carbocycles. The quantitative estimate of drug-likeness (QED) is 0.749. The molecule has 2 rings (SSSR count). The van der Waals surface area contributed by atoms with E-state index in [4.69, 9.17) is 23.2 Å². The molecule has 19 heavy (non-hydrogen) atoms. The fraction of sp³-hybridized carbons (Fsp3) is 0.200. The third-order valence-corrected chi connectivity index (χ3v) is 4.06. The topological polar surface area (TPSA) is 12.0 Å². The Hall–Kier alpha value is -0.540. The van der Waals surface area contributed by atoms with Crippen LogP contribution in [-0.2, 0) is 6.54 Å². The van der Waals surface area contributed by atoms with Crippen molar-refractivity contribution < 1.29 is 0 Å².